The lowest BCUT2D eigenvalue weighted by Crippen LogP contribution is -2.24. The van der Waals surface area contributed by atoms with Crippen LogP contribution in [0.5, 0.6) is 0 Å². The molecular formula is C20H19NO3S. The first-order chi connectivity index (χ1) is 12.0. The number of benzene rings is 1. The maximum atomic E-state index is 12.5. The molecule has 2 aromatic heterocycles. The third-order valence-corrected chi connectivity index (χ3v) is 5.04. The van der Waals surface area contributed by atoms with E-state index in [1.165, 1.54) is 17.6 Å². The van der Waals surface area contributed by atoms with Gasteiger partial charge in [-0.2, -0.15) is 0 Å². The summed E-state index contributed by atoms with van der Waals surface area (Å²) in [7, 11) is 0. The molecule has 128 valence electrons. The van der Waals surface area contributed by atoms with Crippen LogP contribution < -0.4 is 5.32 Å². The van der Waals surface area contributed by atoms with E-state index in [0.717, 1.165) is 21.6 Å². The maximum absolute atomic E-state index is 12.5. The minimum atomic E-state index is -0.141. The number of ketones is 1. The Morgan fingerprint density at radius 1 is 1.08 bits per heavy atom. The molecule has 3 rings (SSSR count). The van der Waals surface area contributed by atoms with Crippen molar-refractivity contribution in [3.63, 3.8) is 0 Å². The third-order valence-electron chi connectivity index (χ3n) is 3.96. The Hall–Kier alpha value is -2.66. The summed E-state index contributed by atoms with van der Waals surface area (Å²) in [5.74, 6) is 0.0865. The van der Waals surface area contributed by atoms with Gasteiger partial charge in [0.2, 0.25) is 5.78 Å². The van der Waals surface area contributed by atoms with Gasteiger partial charge >= 0.3 is 0 Å². The molecular weight excluding hydrogens is 334 g/mol. The largest absolute Gasteiger partial charge is 0.461 e. The van der Waals surface area contributed by atoms with Gasteiger partial charge in [0.15, 0.2) is 5.76 Å². The van der Waals surface area contributed by atoms with Gasteiger partial charge in [-0.15, -0.1) is 11.3 Å². The number of carbonyl (C=O) groups excluding carboxylic acids is 2. The van der Waals surface area contributed by atoms with Crippen LogP contribution in [0.3, 0.4) is 0 Å². The SMILES string of the molecule is Cc1cc(C)c(C(=O)NCc2ccc(C(=O)c3ccco3)s2)c(C)c1. The molecule has 0 aliphatic heterocycles. The number of thiophene rings is 1. The molecule has 4 nitrogen and oxygen atoms in total. The summed E-state index contributed by atoms with van der Waals surface area (Å²) in [6.45, 7) is 6.30. The fourth-order valence-corrected chi connectivity index (χ4v) is 3.81. The minimum Gasteiger partial charge on any atom is -0.461 e. The number of amides is 1. The summed E-state index contributed by atoms with van der Waals surface area (Å²) in [5.41, 5.74) is 3.80. The van der Waals surface area contributed by atoms with Crippen molar-refractivity contribution in [2.45, 2.75) is 27.3 Å². The number of carbonyl (C=O) groups is 2. The van der Waals surface area contributed by atoms with Crippen LogP contribution in [0.2, 0.25) is 0 Å². The van der Waals surface area contributed by atoms with Crippen LogP contribution in [0.1, 0.15) is 47.4 Å². The first-order valence-electron chi connectivity index (χ1n) is 7.98. The minimum absolute atomic E-state index is 0.0951. The molecule has 25 heavy (non-hydrogen) atoms. The first kappa shape index (κ1) is 17.2. The Balaban J connectivity index is 1.69. The number of hydrogen-bond donors (Lipinski definition) is 1. The Morgan fingerprint density at radius 2 is 1.80 bits per heavy atom. The smallest absolute Gasteiger partial charge is 0.252 e. The molecule has 0 fully saturated rings. The molecule has 0 atom stereocenters. The van der Waals surface area contributed by atoms with Crippen LogP contribution in [-0.4, -0.2) is 11.7 Å². The highest BCUT2D eigenvalue weighted by molar-refractivity contribution is 7.14. The molecule has 0 radical (unpaired) electrons. The van der Waals surface area contributed by atoms with Gasteiger partial charge in [-0.3, -0.25) is 9.59 Å². The topological polar surface area (TPSA) is 59.3 Å². The van der Waals surface area contributed by atoms with E-state index in [2.05, 4.69) is 5.32 Å². The lowest BCUT2D eigenvalue weighted by atomic mass is 9.99. The molecule has 0 aliphatic carbocycles. The predicted molar refractivity (Wildman–Crippen MR) is 98.3 cm³/mol. The Bertz CT molecular complexity index is 899. The van der Waals surface area contributed by atoms with Crippen molar-refractivity contribution in [3.8, 4) is 0 Å². The van der Waals surface area contributed by atoms with Crippen molar-refractivity contribution in [1.29, 1.82) is 0 Å². The van der Waals surface area contributed by atoms with E-state index in [9.17, 15) is 9.59 Å². The maximum Gasteiger partial charge on any atom is 0.252 e. The second-order valence-corrected chi connectivity index (χ2v) is 7.20. The second-order valence-electron chi connectivity index (χ2n) is 6.03. The normalized spacial score (nSPS) is 10.7. The van der Waals surface area contributed by atoms with Gasteiger partial charge in [0.25, 0.3) is 5.91 Å². The molecule has 1 aromatic carbocycles. The van der Waals surface area contributed by atoms with Crippen molar-refractivity contribution in [1.82, 2.24) is 5.32 Å². The quantitative estimate of drug-likeness (QED) is 0.691. The lowest BCUT2D eigenvalue weighted by Gasteiger charge is -2.11. The zero-order valence-electron chi connectivity index (χ0n) is 14.4. The number of furan rings is 1. The summed E-state index contributed by atoms with van der Waals surface area (Å²) in [4.78, 5) is 26.3. The van der Waals surface area contributed by atoms with Crippen LogP contribution in [0.25, 0.3) is 0 Å². The third kappa shape index (κ3) is 3.72. The molecule has 0 aliphatic rings. The van der Waals surface area contributed by atoms with Crippen LogP contribution in [0, 0.1) is 20.8 Å². The molecule has 0 unspecified atom stereocenters. The molecule has 0 saturated heterocycles. The van der Waals surface area contributed by atoms with Crippen LogP contribution in [0.15, 0.2) is 47.1 Å². The predicted octanol–water partition coefficient (Wildman–Crippen LogP) is 4.43. The van der Waals surface area contributed by atoms with E-state index in [1.807, 2.05) is 39.0 Å². The Morgan fingerprint density at radius 3 is 2.44 bits per heavy atom. The van der Waals surface area contributed by atoms with Gasteiger partial charge in [-0.1, -0.05) is 17.7 Å². The van der Waals surface area contributed by atoms with Gasteiger partial charge in [-0.05, 0) is 56.2 Å². The van der Waals surface area contributed by atoms with Gasteiger partial charge in [0, 0.05) is 10.4 Å². The van der Waals surface area contributed by atoms with E-state index in [-0.39, 0.29) is 11.7 Å². The summed E-state index contributed by atoms with van der Waals surface area (Å²) in [5, 5.41) is 2.94. The van der Waals surface area contributed by atoms with E-state index < -0.39 is 0 Å². The molecule has 0 bridgehead atoms. The standard InChI is InChI=1S/C20H19NO3S/c1-12-9-13(2)18(14(3)10-12)20(23)21-11-15-6-7-17(25-15)19(22)16-5-4-8-24-16/h4-10H,11H2,1-3H3,(H,21,23). The van der Waals surface area contributed by atoms with Crippen LogP contribution >= 0.6 is 11.3 Å². The van der Waals surface area contributed by atoms with E-state index >= 15 is 0 Å². The number of nitrogens with one attached hydrogen (secondary N) is 1. The van der Waals surface area contributed by atoms with Gasteiger partial charge in [-0.25, -0.2) is 0 Å². The zero-order valence-corrected chi connectivity index (χ0v) is 15.2. The van der Waals surface area contributed by atoms with Gasteiger partial charge in [0.05, 0.1) is 17.7 Å². The second kappa shape index (κ2) is 7.07. The monoisotopic (exact) mass is 353 g/mol. The first-order valence-corrected chi connectivity index (χ1v) is 8.80. The lowest BCUT2D eigenvalue weighted by molar-refractivity contribution is 0.0949. The number of aryl methyl sites for hydroxylation is 3. The molecule has 2 heterocycles. The van der Waals surface area contributed by atoms with Crippen LogP contribution in [0.4, 0.5) is 0 Å². The fourth-order valence-electron chi connectivity index (χ4n) is 2.92. The van der Waals surface area contributed by atoms with E-state index in [0.29, 0.717) is 22.7 Å². The highest BCUT2D eigenvalue weighted by atomic mass is 32.1. The van der Waals surface area contributed by atoms with Gasteiger partial charge in [0.1, 0.15) is 0 Å². The Labute approximate surface area is 150 Å². The average Bonchev–Trinajstić information content (AvgIpc) is 3.23. The van der Waals surface area contributed by atoms with E-state index in [1.54, 1.807) is 18.2 Å². The van der Waals surface area contributed by atoms with Crippen molar-refractivity contribution in [2.75, 3.05) is 0 Å². The molecule has 0 saturated carbocycles. The summed E-state index contributed by atoms with van der Waals surface area (Å²) in [6, 6.07) is 11.0. The number of hydrogen-bond acceptors (Lipinski definition) is 4. The highest BCUT2D eigenvalue weighted by Crippen LogP contribution is 2.21. The molecule has 5 heteroatoms. The van der Waals surface area contributed by atoms with Crippen molar-refractivity contribution in [2.24, 2.45) is 0 Å². The van der Waals surface area contributed by atoms with Crippen molar-refractivity contribution >= 4 is 23.0 Å². The Kier molecular flexibility index (Phi) is 4.86. The summed E-state index contributed by atoms with van der Waals surface area (Å²) in [6.07, 6.45) is 1.48. The van der Waals surface area contributed by atoms with Crippen molar-refractivity contribution < 1.29 is 14.0 Å². The molecule has 0 spiro atoms. The van der Waals surface area contributed by atoms with Gasteiger partial charge < -0.3 is 9.73 Å². The molecule has 1 amide bonds. The zero-order chi connectivity index (χ0) is 18.0. The molecule has 1 N–H and O–H groups in total. The summed E-state index contributed by atoms with van der Waals surface area (Å²) < 4.78 is 5.14. The average molecular weight is 353 g/mol. The highest BCUT2D eigenvalue weighted by Gasteiger charge is 2.16. The fraction of sp³-hybridized carbons (Fsp3) is 0.200. The van der Waals surface area contributed by atoms with Crippen molar-refractivity contribution in [3.05, 3.63) is 80.4 Å². The summed E-state index contributed by atoms with van der Waals surface area (Å²) >= 11 is 1.36. The van der Waals surface area contributed by atoms with E-state index in [4.69, 9.17) is 4.42 Å². The number of rotatable bonds is 5. The van der Waals surface area contributed by atoms with Crippen LogP contribution in [-0.2, 0) is 6.54 Å². The molecule has 3 aromatic rings.